The second-order valence-corrected chi connectivity index (χ2v) is 7.35. The molecule has 2 heteroatoms. The summed E-state index contributed by atoms with van der Waals surface area (Å²) in [5.41, 5.74) is 1.67. The van der Waals surface area contributed by atoms with Gasteiger partial charge in [0.05, 0.1) is 0 Å². The van der Waals surface area contributed by atoms with Crippen molar-refractivity contribution >= 4 is 5.91 Å². The molecule has 0 aliphatic heterocycles. The first-order valence-corrected chi connectivity index (χ1v) is 8.41. The fourth-order valence-corrected chi connectivity index (χ4v) is 2.67. The van der Waals surface area contributed by atoms with Crippen molar-refractivity contribution in [3.8, 4) is 0 Å². The van der Waals surface area contributed by atoms with Gasteiger partial charge in [0.25, 0.3) is 0 Å². The zero-order valence-corrected chi connectivity index (χ0v) is 14.0. The minimum absolute atomic E-state index is 0.244. The predicted molar refractivity (Wildman–Crippen MR) is 86.7 cm³/mol. The van der Waals surface area contributed by atoms with Crippen LogP contribution in [0.5, 0.6) is 0 Å². The molecule has 0 aromatic heterocycles. The molecule has 0 radical (unpaired) electrons. The second kappa shape index (κ2) is 8.49. The zero-order chi connectivity index (χ0) is 15.0. The quantitative estimate of drug-likeness (QED) is 0.515. The van der Waals surface area contributed by atoms with Gasteiger partial charge in [-0.2, -0.15) is 0 Å². The maximum absolute atomic E-state index is 12.5. The number of hydrogen-bond donors (Lipinski definition) is 0. The van der Waals surface area contributed by atoms with E-state index in [2.05, 4.69) is 27.7 Å². The summed E-state index contributed by atoms with van der Waals surface area (Å²) in [7, 11) is 0. The van der Waals surface area contributed by atoms with E-state index in [-0.39, 0.29) is 5.91 Å². The second-order valence-electron chi connectivity index (χ2n) is 7.35. The molecule has 1 amide bonds. The van der Waals surface area contributed by atoms with E-state index < -0.39 is 0 Å². The van der Waals surface area contributed by atoms with Crippen LogP contribution in [-0.2, 0) is 4.79 Å². The molecule has 1 aliphatic carbocycles. The standard InChI is InChI=1S/C18H33NO/c1-5-13-19(14-12-18(2,3)4)17(20)15-16-10-8-6-7-9-11-16/h15H,5-14H2,1-4H3. The topological polar surface area (TPSA) is 20.3 Å². The van der Waals surface area contributed by atoms with Crippen LogP contribution in [0.1, 0.15) is 79.1 Å². The van der Waals surface area contributed by atoms with Crippen molar-refractivity contribution in [1.82, 2.24) is 4.90 Å². The van der Waals surface area contributed by atoms with Gasteiger partial charge in [-0.15, -0.1) is 0 Å². The summed E-state index contributed by atoms with van der Waals surface area (Å²) in [6.45, 7) is 10.6. The van der Waals surface area contributed by atoms with Crippen molar-refractivity contribution in [3.05, 3.63) is 11.6 Å². The van der Waals surface area contributed by atoms with Crippen LogP contribution in [0.2, 0.25) is 0 Å². The van der Waals surface area contributed by atoms with Gasteiger partial charge in [-0.25, -0.2) is 0 Å². The molecule has 0 saturated heterocycles. The predicted octanol–water partition coefficient (Wildman–Crippen LogP) is 4.94. The Balaban J connectivity index is 2.60. The van der Waals surface area contributed by atoms with Gasteiger partial charge in [-0.3, -0.25) is 4.79 Å². The van der Waals surface area contributed by atoms with E-state index in [0.717, 1.165) is 38.8 Å². The maximum Gasteiger partial charge on any atom is 0.246 e. The van der Waals surface area contributed by atoms with E-state index in [9.17, 15) is 4.79 Å². The molecule has 0 atom stereocenters. The fraction of sp³-hybridized carbons (Fsp3) is 0.833. The summed E-state index contributed by atoms with van der Waals surface area (Å²) < 4.78 is 0. The molecular formula is C18H33NO. The van der Waals surface area contributed by atoms with Crippen LogP contribution in [0.25, 0.3) is 0 Å². The van der Waals surface area contributed by atoms with Crippen LogP contribution in [0.15, 0.2) is 11.6 Å². The van der Waals surface area contributed by atoms with Gasteiger partial charge in [-0.05, 0) is 43.9 Å². The molecule has 0 bridgehead atoms. The molecule has 0 N–H and O–H groups in total. The first-order chi connectivity index (χ1) is 9.42. The third kappa shape index (κ3) is 7.12. The third-order valence-electron chi connectivity index (χ3n) is 4.01. The summed E-state index contributed by atoms with van der Waals surface area (Å²) in [6.07, 6.45) is 11.5. The van der Waals surface area contributed by atoms with Crippen molar-refractivity contribution in [2.75, 3.05) is 13.1 Å². The monoisotopic (exact) mass is 279 g/mol. The first-order valence-electron chi connectivity index (χ1n) is 8.41. The van der Waals surface area contributed by atoms with Gasteiger partial charge >= 0.3 is 0 Å². The Hall–Kier alpha value is -0.790. The average Bonchev–Trinajstić information content (AvgIpc) is 2.61. The van der Waals surface area contributed by atoms with E-state index in [1.165, 1.54) is 31.3 Å². The van der Waals surface area contributed by atoms with Crippen molar-refractivity contribution in [3.63, 3.8) is 0 Å². The van der Waals surface area contributed by atoms with Gasteiger partial charge in [-0.1, -0.05) is 46.1 Å². The molecule has 1 fully saturated rings. The largest absolute Gasteiger partial charge is 0.339 e. The maximum atomic E-state index is 12.5. The fourth-order valence-electron chi connectivity index (χ4n) is 2.67. The highest BCUT2D eigenvalue weighted by molar-refractivity contribution is 5.88. The Kier molecular flexibility index (Phi) is 7.32. The van der Waals surface area contributed by atoms with E-state index in [1.54, 1.807) is 0 Å². The highest BCUT2D eigenvalue weighted by atomic mass is 16.2. The highest BCUT2D eigenvalue weighted by Crippen LogP contribution is 2.23. The van der Waals surface area contributed by atoms with Crippen molar-refractivity contribution in [2.24, 2.45) is 5.41 Å². The molecule has 1 aliphatic rings. The van der Waals surface area contributed by atoms with Crippen molar-refractivity contribution in [2.45, 2.75) is 79.1 Å². The van der Waals surface area contributed by atoms with E-state index >= 15 is 0 Å². The molecule has 116 valence electrons. The Bertz CT molecular complexity index is 315. The minimum Gasteiger partial charge on any atom is -0.339 e. The number of carbonyl (C=O) groups is 1. The van der Waals surface area contributed by atoms with Crippen LogP contribution in [0, 0.1) is 5.41 Å². The van der Waals surface area contributed by atoms with Gasteiger partial charge in [0.2, 0.25) is 5.91 Å². The Morgan fingerprint density at radius 2 is 1.70 bits per heavy atom. The van der Waals surface area contributed by atoms with Gasteiger partial charge in [0, 0.05) is 19.2 Å². The van der Waals surface area contributed by atoms with Crippen LogP contribution < -0.4 is 0 Å². The summed E-state index contributed by atoms with van der Waals surface area (Å²) in [5.74, 6) is 0.244. The Labute approximate surface area is 125 Å². The molecular weight excluding hydrogens is 246 g/mol. The molecule has 0 heterocycles. The lowest BCUT2D eigenvalue weighted by atomic mass is 9.92. The summed E-state index contributed by atoms with van der Waals surface area (Å²) in [5, 5.41) is 0. The number of carbonyl (C=O) groups excluding carboxylic acids is 1. The van der Waals surface area contributed by atoms with Crippen molar-refractivity contribution in [1.29, 1.82) is 0 Å². The summed E-state index contributed by atoms with van der Waals surface area (Å²) in [4.78, 5) is 14.5. The zero-order valence-electron chi connectivity index (χ0n) is 14.0. The molecule has 1 rings (SSSR count). The van der Waals surface area contributed by atoms with E-state index in [1.807, 2.05) is 11.0 Å². The minimum atomic E-state index is 0.244. The van der Waals surface area contributed by atoms with Crippen LogP contribution >= 0.6 is 0 Å². The number of allylic oxidation sites excluding steroid dienone is 1. The normalized spacial score (nSPS) is 16.7. The molecule has 20 heavy (non-hydrogen) atoms. The number of hydrogen-bond acceptors (Lipinski definition) is 1. The Morgan fingerprint density at radius 1 is 1.10 bits per heavy atom. The first kappa shape index (κ1) is 17.3. The van der Waals surface area contributed by atoms with Gasteiger partial charge in [0.1, 0.15) is 0 Å². The summed E-state index contributed by atoms with van der Waals surface area (Å²) in [6, 6.07) is 0. The van der Waals surface area contributed by atoms with Crippen molar-refractivity contribution < 1.29 is 4.79 Å². The van der Waals surface area contributed by atoms with E-state index in [0.29, 0.717) is 5.41 Å². The lowest BCUT2D eigenvalue weighted by molar-refractivity contribution is -0.126. The molecule has 0 aromatic carbocycles. The third-order valence-corrected chi connectivity index (χ3v) is 4.01. The van der Waals surface area contributed by atoms with E-state index in [4.69, 9.17) is 0 Å². The van der Waals surface area contributed by atoms with Gasteiger partial charge in [0.15, 0.2) is 0 Å². The van der Waals surface area contributed by atoms with Crippen LogP contribution in [0.4, 0.5) is 0 Å². The molecule has 0 aromatic rings. The molecule has 0 unspecified atom stereocenters. The van der Waals surface area contributed by atoms with Crippen LogP contribution in [-0.4, -0.2) is 23.9 Å². The smallest absolute Gasteiger partial charge is 0.246 e. The SMILES string of the molecule is CCCN(CCC(C)(C)C)C(=O)C=C1CCCCCC1. The molecule has 0 spiro atoms. The Morgan fingerprint density at radius 3 is 2.20 bits per heavy atom. The van der Waals surface area contributed by atoms with Crippen LogP contribution in [0.3, 0.4) is 0 Å². The van der Waals surface area contributed by atoms with Gasteiger partial charge < -0.3 is 4.90 Å². The average molecular weight is 279 g/mol. The number of amides is 1. The summed E-state index contributed by atoms with van der Waals surface area (Å²) >= 11 is 0. The lowest BCUT2D eigenvalue weighted by Gasteiger charge is -2.26. The molecule has 2 nitrogen and oxygen atoms in total. The lowest BCUT2D eigenvalue weighted by Crippen LogP contribution is -2.33. The highest BCUT2D eigenvalue weighted by Gasteiger charge is 2.16. The number of nitrogens with zero attached hydrogens (tertiary/aromatic N) is 1. The number of rotatable bonds is 5. The molecule has 1 saturated carbocycles.